The van der Waals surface area contributed by atoms with Crippen LogP contribution in [0.3, 0.4) is 0 Å². The van der Waals surface area contributed by atoms with Crippen molar-refractivity contribution in [3.05, 3.63) is 35.4 Å². The zero-order chi connectivity index (χ0) is 15.4. The van der Waals surface area contributed by atoms with Gasteiger partial charge in [0.2, 0.25) is 0 Å². The Morgan fingerprint density at radius 1 is 1.41 bits per heavy atom. The lowest BCUT2D eigenvalue weighted by Crippen LogP contribution is -2.45. The monoisotopic (exact) mass is 300 g/mol. The van der Waals surface area contributed by atoms with E-state index in [2.05, 4.69) is 24.0 Å². The van der Waals surface area contributed by atoms with Gasteiger partial charge in [0.25, 0.3) is 0 Å². The Hall–Kier alpha value is -1.41. The van der Waals surface area contributed by atoms with Crippen LogP contribution in [0.25, 0.3) is 0 Å². The average Bonchev–Trinajstić information content (AvgIpc) is 2.53. The Labute approximate surface area is 132 Å². The molecule has 1 saturated heterocycles. The average molecular weight is 300 g/mol. The zero-order valence-corrected chi connectivity index (χ0v) is 13.2. The molecule has 1 heterocycles. The molecule has 1 saturated carbocycles. The van der Waals surface area contributed by atoms with Gasteiger partial charge in [-0.1, -0.05) is 12.1 Å². The number of hydrogen-bond donors (Lipinski definition) is 0. The number of rotatable bonds is 5. The Morgan fingerprint density at radius 2 is 2.27 bits per heavy atom. The quantitative estimate of drug-likeness (QED) is 0.839. The first kappa shape index (κ1) is 15.5. The molecule has 1 aliphatic heterocycles. The fourth-order valence-electron chi connectivity index (χ4n) is 3.44. The summed E-state index contributed by atoms with van der Waals surface area (Å²) in [5.41, 5.74) is 1.82. The maximum Gasteiger partial charge on any atom is 0.0991 e. The molecule has 22 heavy (non-hydrogen) atoms. The van der Waals surface area contributed by atoms with E-state index in [1.54, 1.807) is 0 Å². The molecule has 4 heteroatoms. The third kappa shape index (κ3) is 3.67. The minimum atomic E-state index is 0.0878. The largest absolute Gasteiger partial charge is 0.378 e. The van der Waals surface area contributed by atoms with Gasteiger partial charge in [-0.2, -0.15) is 5.26 Å². The standard InChI is InChI=1S/C18H24N2O2/c1-2-21-17-9-15(10-17)12-20-6-7-22-18(13-20)16-5-3-4-14(8-16)11-19/h3-5,8,15,17-18H,2,6-7,9-10,12-13H2,1H3. The van der Waals surface area contributed by atoms with Crippen LogP contribution in [0.1, 0.15) is 37.0 Å². The Kier molecular flexibility index (Phi) is 5.09. The summed E-state index contributed by atoms with van der Waals surface area (Å²) in [5.74, 6) is 0.765. The van der Waals surface area contributed by atoms with Crippen LogP contribution in [0.4, 0.5) is 0 Å². The SMILES string of the molecule is CCOC1CC(CN2CCOC(c3cccc(C#N)c3)C2)C1. The second kappa shape index (κ2) is 7.23. The normalized spacial score (nSPS) is 28.8. The zero-order valence-electron chi connectivity index (χ0n) is 13.2. The molecule has 0 aromatic heterocycles. The van der Waals surface area contributed by atoms with Crippen molar-refractivity contribution in [1.29, 1.82) is 5.26 Å². The van der Waals surface area contributed by atoms with E-state index in [1.807, 2.05) is 18.2 Å². The van der Waals surface area contributed by atoms with E-state index in [0.29, 0.717) is 11.7 Å². The molecule has 1 aromatic rings. The molecule has 2 fully saturated rings. The molecule has 0 bridgehead atoms. The molecule has 1 aromatic carbocycles. The van der Waals surface area contributed by atoms with Crippen LogP contribution >= 0.6 is 0 Å². The first-order valence-electron chi connectivity index (χ1n) is 8.24. The van der Waals surface area contributed by atoms with Gasteiger partial charge in [-0.15, -0.1) is 0 Å². The summed E-state index contributed by atoms with van der Waals surface area (Å²) in [4.78, 5) is 2.50. The highest BCUT2D eigenvalue weighted by Gasteiger charge is 2.32. The van der Waals surface area contributed by atoms with Crippen molar-refractivity contribution >= 4 is 0 Å². The van der Waals surface area contributed by atoms with Crippen LogP contribution in [-0.2, 0) is 9.47 Å². The van der Waals surface area contributed by atoms with Crippen molar-refractivity contribution < 1.29 is 9.47 Å². The van der Waals surface area contributed by atoms with E-state index in [9.17, 15) is 0 Å². The van der Waals surface area contributed by atoms with Crippen molar-refractivity contribution in [2.24, 2.45) is 5.92 Å². The number of nitriles is 1. The van der Waals surface area contributed by atoms with Crippen LogP contribution in [0.15, 0.2) is 24.3 Å². The number of morpholine rings is 1. The second-order valence-electron chi connectivity index (χ2n) is 6.27. The summed E-state index contributed by atoms with van der Waals surface area (Å²) in [6.45, 7) is 6.72. The molecule has 1 atom stereocenters. The summed E-state index contributed by atoms with van der Waals surface area (Å²) in [7, 11) is 0. The van der Waals surface area contributed by atoms with Gasteiger partial charge >= 0.3 is 0 Å². The van der Waals surface area contributed by atoms with Gasteiger partial charge in [0, 0.05) is 26.2 Å². The predicted molar refractivity (Wildman–Crippen MR) is 84.4 cm³/mol. The summed E-state index contributed by atoms with van der Waals surface area (Å²) < 4.78 is 11.6. The fourth-order valence-corrected chi connectivity index (χ4v) is 3.44. The maximum absolute atomic E-state index is 9.03. The molecule has 1 aliphatic carbocycles. The third-order valence-corrected chi connectivity index (χ3v) is 4.65. The molecule has 0 N–H and O–H groups in total. The first-order valence-corrected chi connectivity index (χ1v) is 8.24. The molecule has 3 rings (SSSR count). The molecular weight excluding hydrogens is 276 g/mol. The van der Waals surface area contributed by atoms with Crippen LogP contribution in [0.2, 0.25) is 0 Å². The smallest absolute Gasteiger partial charge is 0.0991 e. The van der Waals surface area contributed by atoms with E-state index in [1.165, 1.54) is 12.8 Å². The summed E-state index contributed by atoms with van der Waals surface area (Å²) in [6.07, 6.45) is 2.96. The topological polar surface area (TPSA) is 45.5 Å². The highest BCUT2D eigenvalue weighted by atomic mass is 16.5. The Balaban J connectivity index is 1.52. The van der Waals surface area contributed by atoms with E-state index in [0.717, 1.165) is 44.3 Å². The van der Waals surface area contributed by atoms with Crippen LogP contribution < -0.4 is 0 Å². The summed E-state index contributed by atoms with van der Waals surface area (Å²) in [6, 6.07) is 9.99. The van der Waals surface area contributed by atoms with Crippen molar-refractivity contribution in [2.45, 2.75) is 32.0 Å². The predicted octanol–water partition coefficient (Wildman–Crippen LogP) is 2.75. The molecule has 4 nitrogen and oxygen atoms in total. The Bertz CT molecular complexity index is 534. The van der Waals surface area contributed by atoms with Gasteiger partial charge < -0.3 is 9.47 Å². The van der Waals surface area contributed by atoms with Crippen molar-refractivity contribution in [1.82, 2.24) is 4.90 Å². The first-order chi connectivity index (χ1) is 10.8. The van der Waals surface area contributed by atoms with Crippen LogP contribution in [0, 0.1) is 17.2 Å². The molecule has 0 spiro atoms. The number of hydrogen-bond acceptors (Lipinski definition) is 4. The van der Waals surface area contributed by atoms with Gasteiger partial charge in [0.1, 0.15) is 0 Å². The van der Waals surface area contributed by atoms with Gasteiger partial charge in [0.15, 0.2) is 0 Å². The molecular formula is C18H24N2O2. The van der Waals surface area contributed by atoms with Gasteiger partial charge in [-0.3, -0.25) is 4.90 Å². The highest BCUT2D eigenvalue weighted by molar-refractivity contribution is 5.34. The molecule has 2 aliphatic rings. The lowest BCUT2D eigenvalue weighted by Gasteiger charge is -2.41. The summed E-state index contributed by atoms with van der Waals surface area (Å²) in [5, 5.41) is 9.03. The van der Waals surface area contributed by atoms with Crippen LogP contribution in [0.5, 0.6) is 0 Å². The van der Waals surface area contributed by atoms with Gasteiger partial charge in [0.05, 0.1) is 30.4 Å². The lowest BCUT2D eigenvalue weighted by atomic mass is 9.81. The number of nitrogens with zero attached hydrogens (tertiary/aromatic N) is 2. The summed E-state index contributed by atoms with van der Waals surface area (Å²) >= 11 is 0. The lowest BCUT2D eigenvalue weighted by molar-refractivity contribution is -0.0634. The van der Waals surface area contributed by atoms with E-state index >= 15 is 0 Å². The number of ether oxygens (including phenoxy) is 2. The molecule has 0 amide bonds. The third-order valence-electron chi connectivity index (χ3n) is 4.65. The minimum Gasteiger partial charge on any atom is -0.378 e. The van der Waals surface area contributed by atoms with Gasteiger partial charge in [-0.25, -0.2) is 0 Å². The highest BCUT2D eigenvalue weighted by Crippen LogP contribution is 2.32. The minimum absolute atomic E-state index is 0.0878. The molecule has 118 valence electrons. The van der Waals surface area contributed by atoms with E-state index < -0.39 is 0 Å². The number of benzene rings is 1. The maximum atomic E-state index is 9.03. The molecule has 1 unspecified atom stereocenters. The second-order valence-corrected chi connectivity index (χ2v) is 6.27. The fraction of sp³-hybridized carbons (Fsp3) is 0.611. The van der Waals surface area contributed by atoms with Crippen molar-refractivity contribution in [3.63, 3.8) is 0 Å². The Morgan fingerprint density at radius 3 is 3.05 bits per heavy atom. The van der Waals surface area contributed by atoms with Crippen molar-refractivity contribution in [3.8, 4) is 6.07 Å². The van der Waals surface area contributed by atoms with E-state index in [-0.39, 0.29) is 6.10 Å². The van der Waals surface area contributed by atoms with Crippen molar-refractivity contribution in [2.75, 3.05) is 32.8 Å². The van der Waals surface area contributed by atoms with Crippen LogP contribution in [-0.4, -0.2) is 43.9 Å². The van der Waals surface area contributed by atoms with E-state index in [4.69, 9.17) is 14.7 Å². The van der Waals surface area contributed by atoms with Gasteiger partial charge in [-0.05, 0) is 43.4 Å². The molecule has 0 radical (unpaired) electrons.